The lowest BCUT2D eigenvalue weighted by atomic mass is 10.1. The number of hydrogen-bond acceptors (Lipinski definition) is 7. The van der Waals surface area contributed by atoms with Crippen molar-refractivity contribution in [3.8, 4) is 0 Å². The molecule has 136 valence electrons. The Morgan fingerprint density at radius 3 is 2.85 bits per heavy atom. The van der Waals surface area contributed by atoms with Crippen LogP contribution in [0.3, 0.4) is 0 Å². The second kappa shape index (κ2) is 8.28. The van der Waals surface area contributed by atoms with Gasteiger partial charge in [0.25, 0.3) is 0 Å². The summed E-state index contributed by atoms with van der Waals surface area (Å²) in [7, 11) is 0. The molecular weight excluding hydrogens is 332 g/mol. The molecule has 0 aliphatic rings. The third-order valence-corrected chi connectivity index (χ3v) is 3.72. The molecule has 0 spiro atoms. The minimum Gasteiger partial charge on any atom is -0.370 e. The van der Waals surface area contributed by atoms with Crippen LogP contribution in [0.25, 0.3) is 11.0 Å². The Bertz CT molecular complexity index is 892. The summed E-state index contributed by atoms with van der Waals surface area (Å²) in [6.07, 6.45) is 0.183. The van der Waals surface area contributed by atoms with Crippen LogP contribution < -0.4 is 16.0 Å². The number of fused-ring (bicyclic) bond motifs is 1. The summed E-state index contributed by atoms with van der Waals surface area (Å²) < 4.78 is 5.21. The first-order valence-corrected chi connectivity index (χ1v) is 8.59. The van der Waals surface area contributed by atoms with Crippen molar-refractivity contribution in [3.05, 3.63) is 41.7 Å². The van der Waals surface area contributed by atoms with Crippen molar-refractivity contribution in [2.45, 2.75) is 20.3 Å². The van der Waals surface area contributed by atoms with Crippen molar-refractivity contribution >= 4 is 28.6 Å². The van der Waals surface area contributed by atoms with Gasteiger partial charge in [-0.05, 0) is 26.0 Å². The van der Waals surface area contributed by atoms with Gasteiger partial charge in [-0.1, -0.05) is 17.3 Å². The van der Waals surface area contributed by atoms with Crippen LogP contribution in [0.2, 0.25) is 0 Å². The van der Waals surface area contributed by atoms with Crippen molar-refractivity contribution in [1.29, 1.82) is 0 Å². The predicted molar refractivity (Wildman–Crippen MR) is 100 cm³/mol. The highest BCUT2D eigenvalue weighted by Gasteiger charge is 2.11. The molecule has 0 radical (unpaired) electrons. The van der Waals surface area contributed by atoms with E-state index in [0.29, 0.717) is 30.3 Å². The number of aryl methyl sites for hydroxylation is 1. The molecule has 1 aromatic carbocycles. The van der Waals surface area contributed by atoms with E-state index in [9.17, 15) is 4.79 Å². The molecule has 3 rings (SSSR count). The van der Waals surface area contributed by atoms with Gasteiger partial charge >= 0.3 is 0 Å². The fourth-order valence-electron chi connectivity index (χ4n) is 2.58. The van der Waals surface area contributed by atoms with Gasteiger partial charge in [0, 0.05) is 36.8 Å². The van der Waals surface area contributed by atoms with Gasteiger partial charge in [0.15, 0.2) is 5.58 Å². The minimum atomic E-state index is -0.107. The largest absolute Gasteiger partial charge is 0.370 e. The third kappa shape index (κ3) is 4.47. The summed E-state index contributed by atoms with van der Waals surface area (Å²) in [5.41, 5.74) is 2.20. The van der Waals surface area contributed by atoms with E-state index in [1.165, 1.54) is 0 Å². The zero-order valence-electron chi connectivity index (χ0n) is 14.9. The highest BCUT2D eigenvalue weighted by molar-refractivity contribution is 5.86. The number of amides is 1. The zero-order chi connectivity index (χ0) is 18.4. The second-order valence-corrected chi connectivity index (χ2v) is 5.83. The molecule has 0 saturated heterocycles. The maximum atomic E-state index is 12.1. The summed E-state index contributed by atoms with van der Waals surface area (Å²) in [5, 5.41) is 14.0. The molecule has 0 bridgehead atoms. The molecule has 8 nitrogen and oxygen atoms in total. The normalized spacial score (nSPS) is 10.7. The molecule has 0 aliphatic heterocycles. The van der Waals surface area contributed by atoms with Crippen molar-refractivity contribution < 1.29 is 9.32 Å². The highest BCUT2D eigenvalue weighted by atomic mass is 16.5. The van der Waals surface area contributed by atoms with Crippen LogP contribution in [-0.4, -0.2) is 40.7 Å². The van der Waals surface area contributed by atoms with Crippen LogP contribution in [0, 0.1) is 6.92 Å². The fraction of sp³-hybridized carbons (Fsp3) is 0.333. The van der Waals surface area contributed by atoms with Crippen molar-refractivity contribution in [3.63, 3.8) is 0 Å². The van der Waals surface area contributed by atoms with Gasteiger partial charge < -0.3 is 20.5 Å². The zero-order valence-corrected chi connectivity index (χ0v) is 14.9. The summed E-state index contributed by atoms with van der Waals surface area (Å²) in [6, 6.07) is 9.38. The van der Waals surface area contributed by atoms with Crippen LogP contribution in [-0.2, 0) is 11.2 Å². The first kappa shape index (κ1) is 17.7. The number of aromatic nitrogens is 3. The number of nitrogens with zero attached hydrogens (tertiary/aromatic N) is 3. The number of nitrogens with one attached hydrogen (secondary N) is 3. The van der Waals surface area contributed by atoms with Gasteiger partial charge in [-0.25, -0.2) is 4.98 Å². The van der Waals surface area contributed by atoms with E-state index >= 15 is 0 Å². The highest BCUT2D eigenvalue weighted by Crippen LogP contribution is 2.17. The van der Waals surface area contributed by atoms with Crippen LogP contribution in [0.1, 0.15) is 18.3 Å². The first-order chi connectivity index (χ1) is 12.7. The number of rotatable bonds is 8. The number of anilines is 2. The minimum absolute atomic E-state index is 0.107. The Labute approximate surface area is 151 Å². The Kier molecular flexibility index (Phi) is 5.62. The maximum absolute atomic E-state index is 12.1. The van der Waals surface area contributed by atoms with Crippen molar-refractivity contribution in [1.82, 2.24) is 20.4 Å². The Morgan fingerprint density at radius 2 is 2.00 bits per heavy atom. The van der Waals surface area contributed by atoms with E-state index in [1.807, 2.05) is 44.2 Å². The molecule has 0 aliphatic carbocycles. The molecule has 26 heavy (non-hydrogen) atoms. The quantitative estimate of drug-likeness (QED) is 0.532. The molecule has 0 fully saturated rings. The van der Waals surface area contributed by atoms with E-state index in [2.05, 4.69) is 31.1 Å². The van der Waals surface area contributed by atoms with Gasteiger partial charge in [0.2, 0.25) is 11.9 Å². The first-order valence-electron chi connectivity index (χ1n) is 8.59. The van der Waals surface area contributed by atoms with Gasteiger partial charge in [0.05, 0.1) is 6.42 Å². The molecule has 3 aromatic rings. The predicted octanol–water partition coefficient (Wildman–Crippen LogP) is 2.13. The van der Waals surface area contributed by atoms with Crippen LogP contribution in [0.4, 0.5) is 11.8 Å². The monoisotopic (exact) mass is 354 g/mol. The van der Waals surface area contributed by atoms with E-state index in [0.717, 1.165) is 23.4 Å². The van der Waals surface area contributed by atoms with E-state index in [1.54, 1.807) is 0 Å². The van der Waals surface area contributed by atoms with Gasteiger partial charge in [-0.3, -0.25) is 4.79 Å². The molecule has 1 amide bonds. The Balaban J connectivity index is 1.47. The van der Waals surface area contributed by atoms with Crippen LogP contribution in [0.15, 0.2) is 34.9 Å². The number of para-hydroxylation sites is 1. The number of hydrogen-bond donors (Lipinski definition) is 3. The lowest BCUT2D eigenvalue weighted by molar-refractivity contribution is -0.120. The van der Waals surface area contributed by atoms with E-state index < -0.39 is 0 Å². The molecule has 0 atom stereocenters. The summed E-state index contributed by atoms with van der Waals surface area (Å²) in [5.74, 6) is 1.21. The summed E-state index contributed by atoms with van der Waals surface area (Å²) in [6.45, 7) is 5.71. The topological polar surface area (TPSA) is 105 Å². The Hall–Kier alpha value is -3.16. The molecule has 0 saturated carbocycles. The number of carbonyl (C=O) groups excluding carboxylic acids is 1. The summed E-state index contributed by atoms with van der Waals surface area (Å²) in [4.78, 5) is 20.8. The maximum Gasteiger partial charge on any atom is 0.226 e. The fourth-order valence-corrected chi connectivity index (χ4v) is 2.58. The average molecular weight is 354 g/mol. The number of carbonyl (C=O) groups is 1. The van der Waals surface area contributed by atoms with Gasteiger partial charge in [-0.2, -0.15) is 4.98 Å². The number of benzene rings is 1. The Morgan fingerprint density at radius 1 is 1.15 bits per heavy atom. The lowest BCUT2D eigenvalue weighted by Gasteiger charge is -2.09. The average Bonchev–Trinajstić information content (AvgIpc) is 3.02. The van der Waals surface area contributed by atoms with E-state index in [4.69, 9.17) is 4.52 Å². The van der Waals surface area contributed by atoms with Crippen LogP contribution in [0.5, 0.6) is 0 Å². The second-order valence-electron chi connectivity index (χ2n) is 5.83. The molecule has 8 heteroatoms. The van der Waals surface area contributed by atoms with Gasteiger partial charge in [-0.15, -0.1) is 0 Å². The molecule has 0 unspecified atom stereocenters. The summed E-state index contributed by atoms with van der Waals surface area (Å²) >= 11 is 0. The van der Waals surface area contributed by atoms with Crippen molar-refractivity contribution in [2.24, 2.45) is 0 Å². The molecular formula is C18H22N6O2. The van der Waals surface area contributed by atoms with Crippen LogP contribution >= 0.6 is 0 Å². The lowest BCUT2D eigenvalue weighted by Crippen LogP contribution is -2.30. The molecule has 2 aromatic heterocycles. The smallest absolute Gasteiger partial charge is 0.226 e. The standard InChI is InChI=1S/C18H22N6O2/c1-3-19-16-10-12(2)22-18(23-16)21-9-8-20-17(25)11-14-13-6-4-5-7-15(13)26-24-14/h4-7,10H,3,8-9,11H2,1-2H3,(H,20,25)(H2,19,21,22,23). The van der Waals surface area contributed by atoms with Crippen molar-refractivity contribution in [2.75, 3.05) is 30.3 Å². The van der Waals surface area contributed by atoms with E-state index in [-0.39, 0.29) is 12.3 Å². The molecule has 3 N–H and O–H groups in total. The van der Waals surface area contributed by atoms with Gasteiger partial charge in [0.1, 0.15) is 11.5 Å². The third-order valence-electron chi connectivity index (χ3n) is 3.72. The SMILES string of the molecule is CCNc1cc(C)nc(NCCNC(=O)Cc2noc3ccccc23)n1. The molecule has 2 heterocycles.